The first-order valence-electron chi connectivity index (χ1n) is 10.9. The van der Waals surface area contributed by atoms with Crippen molar-refractivity contribution >= 4 is 5.52 Å². The SMILES string of the molecule is CCC(n1cc(-c2nc(-c3cnn(CC4COC(C)(C)O4)c3)cn3nccc23)cn1)C(F)(F)F. The third kappa shape index (κ3) is 4.30. The van der Waals surface area contributed by atoms with E-state index in [4.69, 9.17) is 14.5 Å². The minimum atomic E-state index is -4.39. The maximum Gasteiger partial charge on any atom is 0.410 e. The number of nitrogens with zero attached hydrogens (tertiary/aromatic N) is 7. The van der Waals surface area contributed by atoms with Gasteiger partial charge in [-0.25, -0.2) is 9.50 Å². The summed E-state index contributed by atoms with van der Waals surface area (Å²) in [6.45, 7) is 6.21. The molecule has 0 N–H and O–H groups in total. The molecule has 5 heterocycles. The monoisotopic (exact) mass is 475 g/mol. The topological polar surface area (TPSA) is 84.3 Å². The summed E-state index contributed by atoms with van der Waals surface area (Å²) in [7, 11) is 0. The molecule has 1 fully saturated rings. The Labute approximate surface area is 193 Å². The third-order valence-corrected chi connectivity index (χ3v) is 5.74. The van der Waals surface area contributed by atoms with Gasteiger partial charge in [0.25, 0.3) is 0 Å². The molecule has 34 heavy (non-hydrogen) atoms. The smallest absolute Gasteiger partial charge is 0.348 e. The molecule has 180 valence electrons. The first-order valence-corrected chi connectivity index (χ1v) is 10.9. The Bertz CT molecular complexity index is 1310. The minimum Gasteiger partial charge on any atom is -0.348 e. The van der Waals surface area contributed by atoms with Crippen molar-refractivity contribution in [1.82, 2.24) is 34.2 Å². The van der Waals surface area contributed by atoms with E-state index in [0.29, 0.717) is 35.6 Å². The average molecular weight is 475 g/mol. The lowest BCUT2D eigenvalue weighted by Gasteiger charge is -2.18. The number of hydrogen-bond donors (Lipinski definition) is 0. The second-order valence-electron chi connectivity index (χ2n) is 8.71. The molecule has 1 aliphatic rings. The molecule has 1 aliphatic heterocycles. The predicted octanol–water partition coefficient (Wildman–Crippen LogP) is 4.12. The summed E-state index contributed by atoms with van der Waals surface area (Å²) in [5.74, 6) is -0.616. The van der Waals surface area contributed by atoms with Crippen LogP contribution in [0.3, 0.4) is 0 Å². The first-order chi connectivity index (χ1) is 16.1. The van der Waals surface area contributed by atoms with Gasteiger partial charge < -0.3 is 9.47 Å². The molecule has 5 rings (SSSR count). The van der Waals surface area contributed by atoms with Gasteiger partial charge in [0.1, 0.15) is 12.1 Å². The molecule has 0 aliphatic carbocycles. The Balaban J connectivity index is 1.46. The van der Waals surface area contributed by atoms with E-state index in [9.17, 15) is 13.2 Å². The van der Waals surface area contributed by atoms with Crippen LogP contribution in [0.1, 0.15) is 33.2 Å². The van der Waals surface area contributed by atoms with Crippen molar-refractivity contribution in [3.63, 3.8) is 0 Å². The molecule has 0 radical (unpaired) electrons. The largest absolute Gasteiger partial charge is 0.410 e. The van der Waals surface area contributed by atoms with Gasteiger partial charge in [-0.1, -0.05) is 6.92 Å². The van der Waals surface area contributed by atoms with Gasteiger partial charge in [0.15, 0.2) is 5.79 Å². The van der Waals surface area contributed by atoms with Gasteiger partial charge in [0.2, 0.25) is 0 Å². The first kappa shape index (κ1) is 22.5. The molecule has 4 aromatic heterocycles. The summed E-state index contributed by atoms with van der Waals surface area (Å²) in [6.07, 6.45) is 5.04. The number of hydrogen-bond acceptors (Lipinski definition) is 6. The van der Waals surface area contributed by atoms with Crippen LogP contribution in [0.25, 0.3) is 28.0 Å². The van der Waals surface area contributed by atoms with Crippen molar-refractivity contribution in [3.8, 4) is 22.5 Å². The van der Waals surface area contributed by atoms with Crippen LogP contribution >= 0.6 is 0 Å². The van der Waals surface area contributed by atoms with E-state index < -0.39 is 18.0 Å². The molecule has 12 heteroatoms. The van der Waals surface area contributed by atoms with Crippen LogP contribution in [0.4, 0.5) is 13.2 Å². The highest BCUT2D eigenvalue weighted by molar-refractivity contribution is 5.78. The van der Waals surface area contributed by atoms with Crippen molar-refractivity contribution in [3.05, 3.63) is 43.2 Å². The Hall–Kier alpha value is -3.25. The lowest BCUT2D eigenvalue weighted by molar-refractivity contribution is -0.170. The standard InChI is InChI=1S/C22H24F3N7O2/c1-4-19(22(23,24)25)32-10-15(8-28-32)20-18-5-6-26-31(18)12-17(29-20)14-7-27-30(9-14)11-16-13-33-21(2,3)34-16/h5-10,12,16,19H,4,11,13H2,1-3H3. The van der Waals surface area contributed by atoms with Crippen molar-refractivity contribution in [2.75, 3.05) is 6.61 Å². The van der Waals surface area contributed by atoms with Crippen LogP contribution in [0, 0.1) is 0 Å². The van der Waals surface area contributed by atoms with Crippen LogP contribution in [0.2, 0.25) is 0 Å². The highest BCUT2D eigenvalue weighted by Gasteiger charge is 2.40. The maximum atomic E-state index is 13.4. The van der Waals surface area contributed by atoms with E-state index in [2.05, 4.69) is 15.3 Å². The van der Waals surface area contributed by atoms with E-state index in [0.717, 1.165) is 10.2 Å². The second kappa shape index (κ2) is 8.20. The number of halogens is 3. The number of fused-ring (bicyclic) bond motifs is 1. The van der Waals surface area contributed by atoms with Gasteiger partial charge in [0.05, 0.1) is 54.8 Å². The molecule has 9 nitrogen and oxygen atoms in total. The van der Waals surface area contributed by atoms with Crippen LogP contribution in [0.15, 0.2) is 43.2 Å². The molecule has 1 saturated heterocycles. The number of aromatic nitrogens is 7. The second-order valence-corrected chi connectivity index (χ2v) is 8.71. The van der Waals surface area contributed by atoms with Gasteiger partial charge in [-0.3, -0.25) is 9.36 Å². The van der Waals surface area contributed by atoms with Gasteiger partial charge in [-0.15, -0.1) is 0 Å². The molecular formula is C22H24F3N7O2. The molecule has 0 spiro atoms. The Morgan fingerprint density at radius 2 is 1.91 bits per heavy atom. The predicted molar refractivity (Wildman–Crippen MR) is 116 cm³/mol. The fraction of sp³-hybridized carbons (Fsp3) is 0.455. The van der Waals surface area contributed by atoms with Crippen LogP contribution in [-0.4, -0.2) is 58.8 Å². The van der Waals surface area contributed by atoms with Crippen molar-refractivity contribution in [1.29, 1.82) is 0 Å². The Kier molecular flexibility index (Phi) is 5.44. The third-order valence-electron chi connectivity index (χ3n) is 5.74. The van der Waals surface area contributed by atoms with E-state index in [1.54, 1.807) is 33.9 Å². The maximum absolute atomic E-state index is 13.4. The van der Waals surface area contributed by atoms with E-state index in [-0.39, 0.29) is 12.5 Å². The Morgan fingerprint density at radius 3 is 2.62 bits per heavy atom. The van der Waals surface area contributed by atoms with Crippen molar-refractivity contribution in [2.45, 2.75) is 57.8 Å². The average Bonchev–Trinajstić information content (AvgIpc) is 3.54. The Morgan fingerprint density at radius 1 is 1.12 bits per heavy atom. The van der Waals surface area contributed by atoms with Gasteiger partial charge in [0, 0.05) is 23.5 Å². The molecule has 0 aromatic carbocycles. The zero-order valence-electron chi connectivity index (χ0n) is 18.9. The normalized spacial score (nSPS) is 19.2. The number of alkyl halides is 3. The lowest BCUT2D eigenvalue weighted by Crippen LogP contribution is -2.26. The summed E-state index contributed by atoms with van der Waals surface area (Å²) in [4.78, 5) is 4.74. The van der Waals surface area contributed by atoms with E-state index >= 15 is 0 Å². The number of ether oxygens (including phenoxy) is 2. The van der Waals surface area contributed by atoms with Crippen LogP contribution in [-0.2, 0) is 16.0 Å². The molecule has 0 bridgehead atoms. The summed E-state index contributed by atoms with van der Waals surface area (Å²) in [5.41, 5.74) is 2.94. The zero-order chi connectivity index (χ0) is 24.1. The molecule has 2 unspecified atom stereocenters. The van der Waals surface area contributed by atoms with Gasteiger partial charge >= 0.3 is 6.18 Å². The van der Waals surface area contributed by atoms with E-state index in [1.807, 2.05) is 20.0 Å². The molecule has 4 aromatic rings. The summed E-state index contributed by atoms with van der Waals surface area (Å²) >= 11 is 0. The van der Waals surface area contributed by atoms with Crippen LogP contribution < -0.4 is 0 Å². The van der Waals surface area contributed by atoms with Gasteiger partial charge in [-0.2, -0.15) is 28.5 Å². The van der Waals surface area contributed by atoms with Crippen molar-refractivity contribution in [2.24, 2.45) is 0 Å². The highest BCUT2D eigenvalue weighted by Crippen LogP contribution is 2.34. The quantitative estimate of drug-likeness (QED) is 0.417. The molecule has 2 atom stereocenters. The number of rotatable bonds is 6. The fourth-order valence-corrected chi connectivity index (χ4v) is 4.14. The lowest BCUT2D eigenvalue weighted by atomic mass is 10.2. The summed E-state index contributed by atoms with van der Waals surface area (Å²) < 4.78 is 55.9. The van der Waals surface area contributed by atoms with Crippen LogP contribution in [0.5, 0.6) is 0 Å². The summed E-state index contributed by atoms with van der Waals surface area (Å²) in [5, 5.41) is 12.7. The molecular weight excluding hydrogens is 451 g/mol. The molecule has 0 amide bonds. The molecule has 0 saturated carbocycles. The van der Waals surface area contributed by atoms with Gasteiger partial charge in [-0.05, 0) is 26.3 Å². The summed E-state index contributed by atoms with van der Waals surface area (Å²) in [6, 6.07) is 0.0583. The van der Waals surface area contributed by atoms with Crippen molar-refractivity contribution < 1.29 is 22.6 Å². The van der Waals surface area contributed by atoms with E-state index in [1.165, 1.54) is 19.3 Å². The highest BCUT2D eigenvalue weighted by atomic mass is 19.4. The zero-order valence-corrected chi connectivity index (χ0v) is 18.9. The fourth-order valence-electron chi connectivity index (χ4n) is 4.14. The minimum absolute atomic E-state index is 0.119.